The summed E-state index contributed by atoms with van der Waals surface area (Å²) in [6.07, 6.45) is 0. The molecule has 2 rings (SSSR count). The van der Waals surface area contributed by atoms with E-state index < -0.39 is 0 Å². The van der Waals surface area contributed by atoms with Gasteiger partial charge in [0, 0.05) is 4.47 Å². The van der Waals surface area contributed by atoms with Crippen molar-refractivity contribution in [3.8, 4) is 0 Å². The van der Waals surface area contributed by atoms with Crippen LogP contribution in [-0.4, -0.2) is 0 Å². The molecule has 2 aromatic carbocycles. The Labute approximate surface area is 111 Å². The van der Waals surface area contributed by atoms with Crippen LogP contribution in [0.4, 0.5) is 0 Å². The Balaban J connectivity index is 2.39. The van der Waals surface area contributed by atoms with Crippen LogP contribution < -0.4 is 5.73 Å². The van der Waals surface area contributed by atoms with Crippen molar-refractivity contribution in [2.45, 2.75) is 19.9 Å². The first-order valence-corrected chi connectivity index (χ1v) is 6.45. The summed E-state index contributed by atoms with van der Waals surface area (Å²) in [7, 11) is 0. The lowest BCUT2D eigenvalue weighted by molar-refractivity contribution is 0.859. The second-order valence-corrected chi connectivity index (χ2v) is 5.30. The van der Waals surface area contributed by atoms with E-state index in [1.165, 1.54) is 16.7 Å². The summed E-state index contributed by atoms with van der Waals surface area (Å²) in [5.41, 5.74) is 11.2. The normalized spacial score (nSPS) is 12.5. The largest absolute Gasteiger partial charge is 0.320 e. The Morgan fingerprint density at radius 3 is 2.29 bits per heavy atom. The van der Waals surface area contributed by atoms with Gasteiger partial charge in [-0.15, -0.1) is 0 Å². The zero-order valence-corrected chi connectivity index (χ0v) is 11.7. The molecule has 2 aromatic rings. The van der Waals surface area contributed by atoms with E-state index in [1.54, 1.807) is 0 Å². The molecule has 1 unspecified atom stereocenters. The molecular formula is C15H16BrN. The molecule has 2 heteroatoms. The van der Waals surface area contributed by atoms with Crippen molar-refractivity contribution in [3.05, 3.63) is 69.2 Å². The Bertz CT molecular complexity index is 517. The van der Waals surface area contributed by atoms with Gasteiger partial charge in [0.25, 0.3) is 0 Å². The zero-order valence-electron chi connectivity index (χ0n) is 10.1. The summed E-state index contributed by atoms with van der Waals surface area (Å²) < 4.78 is 1.08. The average molecular weight is 290 g/mol. The van der Waals surface area contributed by atoms with E-state index in [1.807, 2.05) is 12.1 Å². The maximum Gasteiger partial charge on any atom is 0.0554 e. The van der Waals surface area contributed by atoms with Crippen molar-refractivity contribution in [1.82, 2.24) is 0 Å². The Morgan fingerprint density at radius 2 is 1.65 bits per heavy atom. The molecule has 88 valence electrons. The SMILES string of the molecule is Cc1ccc(C)c(C(N)c2ccc(Br)cc2)c1. The van der Waals surface area contributed by atoms with Crippen LogP contribution in [0.25, 0.3) is 0 Å². The van der Waals surface area contributed by atoms with Crippen LogP contribution in [0.5, 0.6) is 0 Å². The monoisotopic (exact) mass is 289 g/mol. The van der Waals surface area contributed by atoms with Crippen LogP contribution in [0.15, 0.2) is 46.9 Å². The van der Waals surface area contributed by atoms with Gasteiger partial charge >= 0.3 is 0 Å². The Kier molecular flexibility index (Phi) is 3.65. The van der Waals surface area contributed by atoms with Crippen molar-refractivity contribution in [2.75, 3.05) is 0 Å². The minimum Gasteiger partial charge on any atom is -0.320 e. The van der Waals surface area contributed by atoms with Gasteiger partial charge in [-0.2, -0.15) is 0 Å². The fourth-order valence-electron chi connectivity index (χ4n) is 1.94. The van der Waals surface area contributed by atoms with Gasteiger partial charge in [-0.3, -0.25) is 0 Å². The van der Waals surface area contributed by atoms with Crippen molar-refractivity contribution in [3.63, 3.8) is 0 Å². The number of hydrogen-bond donors (Lipinski definition) is 1. The maximum absolute atomic E-state index is 6.32. The highest BCUT2D eigenvalue weighted by Crippen LogP contribution is 2.24. The highest BCUT2D eigenvalue weighted by atomic mass is 79.9. The van der Waals surface area contributed by atoms with Crippen LogP contribution >= 0.6 is 15.9 Å². The van der Waals surface area contributed by atoms with Gasteiger partial charge < -0.3 is 5.73 Å². The van der Waals surface area contributed by atoms with Gasteiger partial charge in [-0.05, 0) is 42.7 Å². The molecule has 0 aliphatic heterocycles. The van der Waals surface area contributed by atoms with Crippen LogP contribution in [0, 0.1) is 13.8 Å². The van der Waals surface area contributed by atoms with Crippen molar-refractivity contribution in [2.24, 2.45) is 5.73 Å². The fraction of sp³-hybridized carbons (Fsp3) is 0.200. The molecule has 0 amide bonds. The van der Waals surface area contributed by atoms with Gasteiger partial charge in [0.2, 0.25) is 0 Å². The predicted molar refractivity (Wildman–Crippen MR) is 76.1 cm³/mol. The Morgan fingerprint density at radius 1 is 1.00 bits per heavy atom. The molecule has 0 aromatic heterocycles. The van der Waals surface area contributed by atoms with E-state index >= 15 is 0 Å². The lowest BCUT2D eigenvalue weighted by Gasteiger charge is -2.16. The minimum atomic E-state index is -0.0528. The standard InChI is InChI=1S/C15H16BrN/c1-10-3-4-11(2)14(9-10)15(17)12-5-7-13(16)8-6-12/h3-9,15H,17H2,1-2H3. The molecule has 0 radical (unpaired) electrons. The number of rotatable bonds is 2. The summed E-state index contributed by atoms with van der Waals surface area (Å²) in [5.74, 6) is 0. The van der Waals surface area contributed by atoms with E-state index in [9.17, 15) is 0 Å². The molecule has 0 saturated heterocycles. The summed E-state index contributed by atoms with van der Waals surface area (Å²) in [6.45, 7) is 4.20. The molecule has 17 heavy (non-hydrogen) atoms. The second kappa shape index (κ2) is 5.03. The summed E-state index contributed by atoms with van der Waals surface area (Å²) in [6, 6.07) is 14.6. The van der Waals surface area contributed by atoms with E-state index in [4.69, 9.17) is 5.73 Å². The molecule has 1 nitrogen and oxygen atoms in total. The quantitative estimate of drug-likeness (QED) is 0.884. The predicted octanol–water partition coefficient (Wildman–Crippen LogP) is 4.11. The Hall–Kier alpha value is -1.12. The molecule has 0 spiro atoms. The number of halogens is 1. The van der Waals surface area contributed by atoms with Gasteiger partial charge in [0.1, 0.15) is 0 Å². The van der Waals surface area contributed by atoms with Gasteiger partial charge in [0.15, 0.2) is 0 Å². The summed E-state index contributed by atoms with van der Waals surface area (Å²) >= 11 is 3.44. The number of hydrogen-bond acceptors (Lipinski definition) is 1. The number of benzene rings is 2. The fourth-order valence-corrected chi connectivity index (χ4v) is 2.21. The molecular weight excluding hydrogens is 274 g/mol. The van der Waals surface area contributed by atoms with E-state index in [0.717, 1.165) is 10.0 Å². The smallest absolute Gasteiger partial charge is 0.0554 e. The van der Waals surface area contributed by atoms with Crippen molar-refractivity contribution >= 4 is 15.9 Å². The third-order valence-electron chi connectivity index (χ3n) is 3.00. The molecule has 0 saturated carbocycles. The molecule has 0 aliphatic carbocycles. The lowest BCUT2D eigenvalue weighted by Crippen LogP contribution is -2.13. The molecule has 0 heterocycles. The van der Waals surface area contributed by atoms with Crippen molar-refractivity contribution in [1.29, 1.82) is 0 Å². The van der Waals surface area contributed by atoms with Crippen LogP contribution in [0.2, 0.25) is 0 Å². The average Bonchev–Trinajstić information content (AvgIpc) is 2.32. The second-order valence-electron chi connectivity index (χ2n) is 4.39. The van der Waals surface area contributed by atoms with E-state index in [-0.39, 0.29) is 6.04 Å². The topological polar surface area (TPSA) is 26.0 Å². The van der Waals surface area contributed by atoms with E-state index in [2.05, 4.69) is 60.1 Å². The van der Waals surface area contributed by atoms with Crippen LogP contribution in [0.1, 0.15) is 28.3 Å². The maximum atomic E-state index is 6.32. The highest BCUT2D eigenvalue weighted by molar-refractivity contribution is 9.10. The number of nitrogens with two attached hydrogens (primary N) is 1. The van der Waals surface area contributed by atoms with Crippen LogP contribution in [0.3, 0.4) is 0 Å². The third-order valence-corrected chi connectivity index (χ3v) is 3.53. The van der Waals surface area contributed by atoms with Crippen LogP contribution in [-0.2, 0) is 0 Å². The molecule has 1 atom stereocenters. The molecule has 0 fully saturated rings. The number of aryl methyl sites for hydroxylation is 2. The zero-order chi connectivity index (χ0) is 12.4. The highest BCUT2D eigenvalue weighted by Gasteiger charge is 2.11. The first-order chi connectivity index (χ1) is 8.08. The molecule has 2 N–H and O–H groups in total. The molecule has 0 aliphatic rings. The van der Waals surface area contributed by atoms with Gasteiger partial charge in [-0.25, -0.2) is 0 Å². The first-order valence-electron chi connectivity index (χ1n) is 5.66. The third kappa shape index (κ3) is 2.76. The van der Waals surface area contributed by atoms with Gasteiger partial charge in [-0.1, -0.05) is 51.8 Å². The van der Waals surface area contributed by atoms with Crippen molar-refractivity contribution < 1.29 is 0 Å². The lowest BCUT2D eigenvalue weighted by atomic mass is 9.94. The first kappa shape index (κ1) is 12.3. The van der Waals surface area contributed by atoms with Gasteiger partial charge in [0.05, 0.1) is 6.04 Å². The summed E-state index contributed by atoms with van der Waals surface area (Å²) in [5, 5.41) is 0. The molecule has 0 bridgehead atoms. The summed E-state index contributed by atoms with van der Waals surface area (Å²) in [4.78, 5) is 0. The van der Waals surface area contributed by atoms with E-state index in [0.29, 0.717) is 0 Å². The minimum absolute atomic E-state index is 0.0528.